The summed E-state index contributed by atoms with van der Waals surface area (Å²) in [6.07, 6.45) is 1.19. The summed E-state index contributed by atoms with van der Waals surface area (Å²) in [5, 5.41) is 3.82. The fourth-order valence-corrected chi connectivity index (χ4v) is 2.83. The van der Waals surface area contributed by atoms with Crippen molar-refractivity contribution in [3.63, 3.8) is 0 Å². The number of benzene rings is 1. The maximum atomic E-state index is 6.13. The molecule has 0 saturated carbocycles. The van der Waals surface area contributed by atoms with E-state index < -0.39 is 0 Å². The van der Waals surface area contributed by atoms with Gasteiger partial charge in [0, 0.05) is 25.2 Å². The Bertz CT molecular complexity index is 440. The van der Waals surface area contributed by atoms with Crippen LogP contribution >= 0.6 is 11.6 Å². The Kier molecular flexibility index (Phi) is 4.77. The van der Waals surface area contributed by atoms with E-state index in [1.807, 2.05) is 19.2 Å². The molecule has 0 amide bonds. The Morgan fingerprint density at radius 1 is 1.32 bits per heavy atom. The van der Waals surface area contributed by atoms with Crippen molar-refractivity contribution in [2.45, 2.75) is 6.42 Å². The monoisotopic (exact) mass is 284 g/mol. The summed E-state index contributed by atoms with van der Waals surface area (Å²) in [6.45, 7) is 3.11. The highest BCUT2D eigenvalue weighted by atomic mass is 35.5. The minimum Gasteiger partial charge on any atom is -0.495 e. The lowest BCUT2D eigenvalue weighted by molar-refractivity contribution is 0.403. The zero-order valence-electron chi connectivity index (χ0n) is 11.7. The van der Waals surface area contributed by atoms with Crippen LogP contribution in [0.25, 0.3) is 0 Å². The lowest BCUT2D eigenvalue weighted by Crippen LogP contribution is -2.24. The summed E-state index contributed by atoms with van der Waals surface area (Å²) < 4.78 is 10.7. The van der Waals surface area contributed by atoms with E-state index in [4.69, 9.17) is 21.1 Å². The van der Waals surface area contributed by atoms with Gasteiger partial charge >= 0.3 is 0 Å². The molecule has 0 aliphatic carbocycles. The van der Waals surface area contributed by atoms with Crippen LogP contribution in [0.4, 0.5) is 5.69 Å². The molecule has 1 aromatic rings. The van der Waals surface area contributed by atoms with Crippen LogP contribution in [-0.4, -0.2) is 40.9 Å². The molecule has 0 bridgehead atoms. The SMILES string of the molecule is CNCC1CCN(c2cc(OC)c(Cl)cc2OC)C1. The molecule has 2 rings (SSSR count). The van der Waals surface area contributed by atoms with Gasteiger partial charge in [0.2, 0.25) is 0 Å². The molecule has 4 nitrogen and oxygen atoms in total. The van der Waals surface area contributed by atoms with Crippen molar-refractivity contribution in [2.24, 2.45) is 5.92 Å². The van der Waals surface area contributed by atoms with Crippen molar-refractivity contribution in [1.82, 2.24) is 5.32 Å². The molecule has 1 heterocycles. The van der Waals surface area contributed by atoms with Crippen LogP contribution in [-0.2, 0) is 0 Å². The van der Waals surface area contributed by atoms with Crippen molar-refractivity contribution in [3.05, 3.63) is 17.2 Å². The van der Waals surface area contributed by atoms with Crippen LogP contribution in [0.15, 0.2) is 12.1 Å². The first-order chi connectivity index (χ1) is 9.19. The molecule has 1 unspecified atom stereocenters. The molecule has 1 saturated heterocycles. The van der Waals surface area contributed by atoms with Crippen LogP contribution in [0.3, 0.4) is 0 Å². The number of nitrogens with zero attached hydrogens (tertiary/aromatic N) is 1. The van der Waals surface area contributed by atoms with E-state index in [9.17, 15) is 0 Å². The zero-order chi connectivity index (χ0) is 13.8. The predicted molar refractivity (Wildman–Crippen MR) is 78.8 cm³/mol. The standard InChI is InChI=1S/C14H21ClN2O2/c1-16-8-10-4-5-17(9-10)12-7-13(18-2)11(15)6-14(12)19-3/h6-7,10,16H,4-5,8-9H2,1-3H3. The smallest absolute Gasteiger partial charge is 0.143 e. The number of rotatable bonds is 5. The first-order valence-electron chi connectivity index (χ1n) is 6.50. The first-order valence-corrected chi connectivity index (χ1v) is 6.88. The summed E-state index contributed by atoms with van der Waals surface area (Å²) in [6, 6.07) is 3.78. The summed E-state index contributed by atoms with van der Waals surface area (Å²) in [7, 11) is 5.29. The molecule has 5 heteroatoms. The van der Waals surface area contributed by atoms with Gasteiger partial charge in [0.05, 0.1) is 24.9 Å². The van der Waals surface area contributed by atoms with Gasteiger partial charge in [-0.05, 0) is 25.9 Å². The third kappa shape index (κ3) is 3.07. The number of nitrogens with one attached hydrogen (secondary N) is 1. The third-order valence-electron chi connectivity index (χ3n) is 3.57. The molecular weight excluding hydrogens is 264 g/mol. The van der Waals surface area contributed by atoms with Crippen molar-refractivity contribution >= 4 is 17.3 Å². The molecule has 1 fully saturated rings. The largest absolute Gasteiger partial charge is 0.495 e. The fourth-order valence-electron chi connectivity index (χ4n) is 2.60. The lowest BCUT2D eigenvalue weighted by Gasteiger charge is -2.22. The Morgan fingerprint density at radius 2 is 2.05 bits per heavy atom. The summed E-state index contributed by atoms with van der Waals surface area (Å²) >= 11 is 6.13. The molecule has 1 aliphatic heterocycles. The van der Waals surface area contributed by atoms with Crippen LogP contribution in [0.2, 0.25) is 5.02 Å². The van der Waals surface area contributed by atoms with E-state index in [0.717, 1.165) is 31.1 Å². The Morgan fingerprint density at radius 3 is 2.68 bits per heavy atom. The third-order valence-corrected chi connectivity index (χ3v) is 3.87. The van der Waals surface area contributed by atoms with Crippen LogP contribution in [0, 0.1) is 5.92 Å². The molecule has 1 aromatic carbocycles. The van der Waals surface area contributed by atoms with E-state index in [1.165, 1.54) is 6.42 Å². The number of ether oxygens (including phenoxy) is 2. The highest BCUT2D eigenvalue weighted by Crippen LogP contribution is 2.39. The van der Waals surface area contributed by atoms with Gasteiger partial charge in [-0.3, -0.25) is 0 Å². The fraction of sp³-hybridized carbons (Fsp3) is 0.571. The Hall–Kier alpha value is -1.13. The van der Waals surface area contributed by atoms with E-state index in [1.54, 1.807) is 14.2 Å². The molecule has 19 heavy (non-hydrogen) atoms. The van der Waals surface area contributed by atoms with Crippen molar-refractivity contribution in [2.75, 3.05) is 45.8 Å². The van der Waals surface area contributed by atoms with Gasteiger partial charge in [-0.1, -0.05) is 11.6 Å². The highest BCUT2D eigenvalue weighted by molar-refractivity contribution is 6.32. The molecule has 1 aliphatic rings. The van der Waals surface area contributed by atoms with E-state index >= 15 is 0 Å². The van der Waals surface area contributed by atoms with Gasteiger partial charge in [0.15, 0.2) is 0 Å². The molecular formula is C14H21ClN2O2. The van der Waals surface area contributed by atoms with E-state index in [2.05, 4.69) is 10.2 Å². The van der Waals surface area contributed by atoms with Gasteiger partial charge in [-0.15, -0.1) is 0 Å². The highest BCUT2D eigenvalue weighted by Gasteiger charge is 2.25. The number of anilines is 1. The minimum atomic E-state index is 0.578. The minimum absolute atomic E-state index is 0.578. The van der Waals surface area contributed by atoms with Crippen molar-refractivity contribution in [3.8, 4) is 11.5 Å². The van der Waals surface area contributed by atoms with Crippen LogP contribution in [0.5, 0.6) is 11.5 Å². The van der Waals surface area contributed by atoms with Gasteiger partial charge in [-0.2, -0.15) is 0 Å². The maximum Gasteiger partial charge on any atom is 0.143 e. The van der Waals surface area contributed by atoms with Gasteiger partial charge in [0.1, 0.15) is 11.5 Å². The topological polar surface area (TPSA) is 33.7 Å². The number of hydrogen-bond acceptors (Lipinski definition) is 4. The normalized spacial score (nSPS) is 18.7. The Balaban J connectivity index is 2.24. The summed E-state index contributed by atoms with van der Waals surface area (Å²) in [5.41, 5.74) is 1.06. The second-order valence-corrected chi connectivity index (χ2v) is 5.22. The second kappa shape index (κ2) is 6.35. The Labute approximate surface area is 119 Å². The second-order valence-electron chi connectivity index (χ2n) is 4.82. The predicted octanol–water partition coefficient (Wildman–Crippen LogP) is 2.40. The average Bonchev–Trinajstić information content (AvgIpc) is 2.87. The lowest BCUT2D eigenvalue weighted by atomic mass is 10.1. The van der Waals surface area contributed by atoms with Gasteiger partial charge in [0.25, 0.3) is 0 Å². The molecule has 1 atom stereocenters. The van der Waals surface area contributed by atoms with Crippen molar-refractivity contribution in [1.29, 1.82) is 0 Å². The number of hydrogen-bond donors (Lipinski definition) is 1. The molecule has 106 valence electrons. The van der Waals surface area contributed by atoms with Crippen molar-refractivity contribution < 1.29 is 9.47 Å². The number of methoxy groups -OCH3 is 2. The number of halogens is 1. The molecule has 0 radical (unpaired) electrons. The molecule has 1 N–H and O–H groups in total. The van der Waals surface area contributed by atoms with Gasteiger partial charge < -0.3 is 19.7 Å². The van der Waals surface area contributed by atoms with E-state index in [-0.39, 0.29) is 0 Å². The average molecular weight is 285 g/mol. The van der Waals surface area contributed by atoms with Crippen LogP contribution < -0.4 is 19.7 Å². The van der Waals surface area contributed by atoms with Crippen LogP contribution in [0.1, 0.15) is 6.42 Å². The van der Waals surface area contributed by atoms with Gasteiger partial charge in [-0.25, -0.2) is 0 Å². The summed E-state index contributed by atoms with van der Waals surface area (Å²) in [5.74, 6) is 2.17. The zero-order valence-corrected chi connectivity index (χ0v) is 12.5. The quantitative estimate of drug-likeness (QED) is 0.900. The first kappa shape index (κ1) is 14.3. The molecule has 0 aromatic heterocycles. The summed E-state index contributed by atoms with van der Waals surface area (Å²) in [4.78, 5) is 2.33. The van der Waals surface area contributed by atoms with E-state index in [0.29, 0.717) is 16.7 Å². The molecule has 0 spiro atoms. The maximum absolute atomic E-state index is 6.13.